The molecule has 5 atom stereocenters. The minimum Gasteiger partial charge on any atom is -0.462 e. The molecule has 1 aliphatic rings. The van der Waals surface area contributed by atoms with Crippen molar-refractivity contribution in [1.29, 1.82) is 0 Å². The third-order valence-corrected chi connectivity index (χ3v) is 6.94. The average Bonchev–Trinajstić information content (AvgIpc) is 2.87. The summed E-state index contributed by atoms with van der Waals surface area (Å²) in [6, 6.07) is 7.32. The van der Waals surface area contributed by atoms with Gasteiger partial charge in [0.2, 0.25) is 0 Å². The van der Waals surface area contributed by atoms with Crippen molar-refractivity contribution in [3.63, 3.8) is 0 Å². The molecule has 0 N–H and O–H groups in total. The van der Waals surface area contributed by atoms with Crippen LogP contribution in [0.1, 0.15) is 88.6 Å². The zero-order chi connectivity index (χ0) is 33.8. The van der Waals surface area contributed by atoms with Crippen molar-refractivity contribution in [2.45, 2.75) is 114 Å². The highest BCUT2D eigenvalue weighted by Gasteiger charge is 2.54. The Labute approximate surface area is 269 Å². The highest BCUT2D eigenvalue weighted by Crippen LogP contribution is 2.34. The Hall–Kier alpha value is -2.79. The Bertz CT molecular complexity index is 1210. The van der Waals surface area contributed by atoms with Crippen LogP contribution in [0, 0.1) is 21.7 Å². The molecule has 0 saturated carbocycles. The standard InChI is InChI=1S/C33H48BrNO9/c1-30(2,3)26(36)40-18-21-22(42-27(37)31(4,5)6)23(43-28(38)32(7,8)9)24(44-29(39)33(10,11)12)25(41-21)35-17-19-13-15-20(34)16-14-19/h13-17,21-25H,18H2,1-12H3/t21?,22-,23-,24?,25?/m1/s1. The van der Waals surface area contributed by atoms with Crippen LogP contribution in [0.2, 0.25) is 0 Å². The molecule has 1 saturated heterocycles. The van der Waals surface area contributed by atoms with Gasteiger partial charge >= 0.3 is 23.9 Å². The fourth-order valence-corrected chi connectivity index (χ4v) is 3.80. The van der Waals surface area contributed by atoms with E-state index in [2.05, 4.69) is 20.9 Å². The fraction of sp³-hybridized carbons (Fsp3) is 0.667. The van der Waals surface area contributed by atoms with Gasteiger partial charge in [-0.2, -0.15) is 0 Å². The smallest absolute Gasteiger partial charge is 0.311 e. The number of nitrogens with zero attached hydrogens (tertiary/aromatic N) is 1. The lowest BCUT2D eigenvalue weighted by Gasteiger charge is -2.45. The summed E-state index contributed by atoms with van der Waals surface area (Å²) < 4.78 is 30.7. The van der Waals surface area contributed by atoms with Crippen LogP contribution in [0.3, 0.4) is 0 Å². The predicted octanol–water partition coefficient (Wildman–Crippen LogP) is 6.06. The van der Waals surface area contributed by atoms with Gasteiger partial charge in [0.05, 0.1) is 21.7 Å². The quantitative estimate of drug-likeness (QED) is 0.192. The van der Waals surface area contributed by atoms with Crippen LogP contribution >= 0.6 is 15.9 Å². The van der Waals surface area contributed by atoms with E-state index < -0.39 is 76.2 Å². The molecule has 3 unspecified atom stereocenters. The van der Waals surface area contributed by atoms with Crippen LogP contribution in [0.5, 0.6) is 0 Å². The monoisotopic (exact) mass is 681 g/mol. The van der Waals surface area contributed by atoms with E-state index in [1.165, 1.54) is 6.21 Å². The van der Waals surface area contributed by atoms with Gasteiger partial charge in [0.25, 0.3) is 0 Å². The first-order chi connectivity index (χ1) is 19.9. The number of halogens is 1. The van der Waals surface area contributed by atoms with Gasteiger partial charge in [-0.05, 0) is 101 Å². The third-order valence-electron chi connectivity index (χ3n) is 6.41. The van der Waals surface area contributed by atoms with E-state index >= 15 is 0 Å². The molecule has 1 heterocycles. The summed E-state index contributed by atoms with van der Waals surface area (Å²) in [4.78, 5) is 57.2. The Morgan fingerprint density at radius 3 is 1.52 bits per heavy atom. The molecule has 0 aromatic heterocycles. The van der Waals surface area contributed by atoms with Gasteiger partial charge in [-0.15, -0.1) is 0 Å². The number of aliphatic imine (C=N–C) groups is 1. The summed E-state index contributed by atoms with van der Waals surface area (Å²) in [5.74, 6) is -2.36. The number of carbonyl (C=O) groups excluding carboxylic acids is 4. The normalized spacial score (nSPS) is 23.2. The summed E-state index contributed by atoms with van der Waals surface area (Å²) in [5, 5.41) is 0. The second kappa shape index (κ2) is 14.1. The van der Waals surface area contributed by atoms with Crippen molar-refractivity contribution in [3.8, 4) is 0 Å². The van der Waals surface area contributed by atoms with Crippen molar-refractivity contribution in [3.05, 3.63) is 34.3 Å². The summed E-state index contributed by atoms with van der Waals surface area (Å²) in [6.45, 7) is 19.9. The molecule has 1 aromatic rings. The predicted molar refractivity (Wildman–Crippen MR) is 169 cm³/mol. The third kappa shape index (κ3) is 10.7. The Balaban J connectivity index is 2.71. The molecule has 0 radical (unpaired) electrons. The average molecular weight is 683 g/mol. The maximum Gasteiger partial charge on any atom is 0.311 e. The van der Waals surface area contributed by atoms with Gasteiger partial charge in [-0.3, -0.25) is 24.2 Å². The highest BCUT2D eigenvalue weighted by atomic mass is 79.9. The molecule has 10 nitrogen and oxygen atoms in total. The first-order valence-electron chi connectivity index (χ1n) is 14.7. The number of benzene rings is 1. The molecule has 1 fully saturated rings. The van der Waals surface area contributed by atoms with Gasteiger partial charge in [0.1, 0.15) is 12.7 Å². The van der Waals surface area contributed by atoms with Gasteiger partial charge in [-0.1, -0.05) is 28.1 Å². The molecular formula is C33H48BrNO9. The van der Waals surface area contributed by atoms with Crippen LogP contribution in [0.15, 0.2) is 33.7 Å². The lowest BCUT2D eigenvalue weighted by atomic mass is 9.92. The SMILES string of the molecule is CC(C)(C)C(=O)OCC1OC(N=Cc2ccc(Br)cc2)C(OC(=O)C(C)(C)C)[C@H](OC(=O)C(C)(C)C)[C@@H]1OC(=O)C(C)(C)C. The zero-order valence-corrected chi connectivity index (χ0v) is 29.6. The fourth-order valence-electron chi connectivity index (χ4n) is 3.53. The van der Waals surface area contributed by atoms with E-state index in [0.29, 0.717) is 0 Å². The van der Waals surface area contributed by atoms with Crippen LogP contribution in [0.4, 0.5) is 0 Å². The van der Waals surface area contributed by atoms with E-state index in [9.17, 15) is 19.2 Å². The van der Waals surface area contributed by atoms with E-state index in [0.717, 1.165) is 10.0 Å². The second-order valence-corrected chi connectivity index (χ2v) is 16.0. The van der Waals surface area contributed by atoms with E-state index in [1.54, 1.807) is 83.1 Å². The Morgan fingerprint density at radius 2 is 1.09 bits per heavy atom. The number of carbonyl (C=O) groups is 4. The van der Waals surface area contributed by atoms with E-state index in [4.69, 9.17) is 23.7 Å². The Morgan fingerprint density at radius 1 is 0.682 bits per heavy atom. The van der Waals surface area contributed by atoms with E-state index in [1.807, 2.05) is 24.3 Å². The summed E-state index contributed by atoms with van der Waals surface area (Å²) in [7, 11) is 0. The minimum absolute atomic E-state index is 0.341. The summed E-state index contributed by atoms with van der Waals surface area (Å²) in [6.07, 6.45) is -4.77. The van der Waals surface area contributed by atoms with Crippen LogP contribution in [-0.2, 0) is 42.9 Å². The molecular weight excluding hydrogens is 634 g/mol. The molecule has 0 aliphatic carbocycles. The van der Waals surface area contributed by atoms with Gasteiger partial charge in [-0.25, -0.2) is 0 Å². The van der Waals surface area contributed by atoms with Crippen molar-refractivity contribution in [1.82, 2.24) is 0 Å². The molecule has 0 spiro atoms. The van der Waals surface area contributed by atoms with Gasteiger partial charge in [0, 0.05) is 10.7 Å². The molecule has 11 heteroatoms. The highest BCUT2D eigenvalue weighted by molar-refractivity contribution is 9.10. The van der Waals surface area contributed by atoms with Crippen LogP contribution in [-0.4, -0.2) is 67.3 Å². The number of esters is 4. The first kappa shape index (κ1) is 37.4. The molecule has 1 aliphatic heterocycles. The first-order valence-corrected chi connectivity index (χ1v) is 15.5. The molecule has 2 rings (SSSR count). The lowest BCUT2D eigenvalue weighted by Crippen LogP contribution is -2.63. The largest absolute Gasteiger partial charge is 0.462 e. The van der Waals surface area contributed by atoms with Crippen molar-refractivity contribution in [2.75, 3.05) is 6.61 Å². The zero-order valence-electron chi connectivity index (χ0n) is 28.0. The summed E-state index contributed by atoms with van der Waals surface area (Å²) >= 11 is 3.41. The van der Waals surface area contributed by atoms with Crippen molar-refractivity contribution < 1.29 is 42.9 Å². The molecule has 0 bridgehead atoms. The van der Waals surface area contributed by atoms with Gasteiger partial charge in [0.15, 0.2) is 24.5 Å². The Kier molecular flexibility index (Phi) is 12.0. The maximum absolute atomic E-state index is 13.3. The number of ether oxygens (including phenoxy) is 5. The summed E-state index contributed by atoms with van der Waals surface area (Å²) in [5.41, 5.74) is -2.94. The lowest BCUT2D eigenvalue weighted by molar-refractivity contribution is -0.258. The van der Waals surface area contributed by atoms with E-state index in [-0.39, 0.29) is 6.61 Å². The maximum atomic E-state index is 13.3. The molecule has 44 heavy (non-hydrogen) atoms. The van der Waals surface area contributed by atoms with Crippen LogP contribution < -0.4 is 0 Å². The molecule has 0 amide bonds. The second-order valence-electron chi connectivity index (χ2n) is 15.1. The number of hydrogen-bond donors (Lipinski definition) is 0. The number of hydrogen-bond acceptors (Lipinski definition) is 10. The minimum atomic E-state index is -1.35. The number of rotatable bonds is 7. The van der Waals surface area contributed by atoms with Gasteiger partial charge < -0.3 is 23.7 Å². The van der Waals surface area contributed by atoms with Crippen LogP contribution in [0.25, 0.3) is 0 Å². The topological polar surface area (TPSA) is 127 Å². The molecule has 1 aromatic carbocycles. The van der Waals surface area contributed by atoms with Crippen molar-refractivity contribution >= 4 is 46.0 Å². The molecule has 246 valence electrons. The van der Waals surface area contributed by atoms with Crippen molar-refractivity contribution in [2.24, 2.45) is 26.7 Å².